The average molecular weight is 311 g/mol. The van der Waals surface area contributed by atoms with Gasteiger partial charge in [0.2, 0.25) is 0 Å². The molecule has 1 amide bonds. The molecular formula is C19H25N3O. The number of carbonyl (C=O) groups excluding carboxylic acids is 1. The van der Waals surface area contributed by atoms with Crippen molar-refractivity contribution in [2.45, 2.75) is 53.6 Å². The highest BCUT2D eigenvalue weighted by Gasteiger charge is 2.24. The standard InChI is InChI=1S/C19H25N3O/c1-12(2)22(13(3)4)19(23)17-10-8-7-9-16(17)18-15(6)20-11-14(5)21-18/h7-13H,1-6H3. The fourth-order valence-electron chi connectivity index (χ4n) is 2.87. The van der Waals surface area contributed by atoms with Gasteiger partial charge in [0.25, 0.3) is 5.91 Å². The van der Waals surface area contributed by atoms with Gasteiger partial charge in [0.1, 0.15) is 0 Å². The number of amides is 1. The van der Waals surface area contributed by atoms with Gasteiger partial charge in [-0.3, -0.25) is 9.78 Å². The monoisotopic (exact) mass is 311 g/mol. The Morgan fingerprint density at radius 2 is 1.65 bits per heavy atom. The summed E-state index contributed by atoms with van der Waals surface area (Å²) in [5, 5.41) is 0. The second kappa shape index (κ2) is 6.90. The fraction of sp³-hybridized carbons (Fsp3) is 0.421. The Hall–Kier alpha value is -2.23. The third-order valence-electron chi connectivity index (χ3n) is 3.84. The second-order valence-electron chi connectivity index (χ2n) is 6.39. The highest BCUT2D eigenvalue weighted by molar-refractivity contribution is 6.01. The van der Waals surface area contributed by atoms with Crippen LogP contribution in [0.2, 0.25) is 0 Å². The van der Waals surface area contributed by atoms with Crippen molar-refractivity contribution in [3.8, 4) is 11.3 Å². The summed E-state index contributed by atoms with van der Waals surface area (Å²) in [6, 6.07) is 7.93. The van der Waals surface area contributed by atoms with E-state index in [0.29, 0.717) is 5.56 Å². The molecule has 0 radical (unpaired) electrons. The van der Waals surface area contributed by atoms with E-state index in [1.807, 2.05) is 70.7 Å². The molecule has 4 nitrogen and oxygen atoms in total. The molecule has 0 aliphatic heterocycles. The van der Waals surface area contributed by atoms with Gasteiger partial charge in [-0.25, -0.2) is 4.98 Å². The molecule has 0 fully saturated rings. The second-order valence-corrected chi connectivity index (χ2v) is 6.39. The zero-order chi connectivity index (χ0) is 17.1. The number of hydrogen-bond acceptors (Lipinski definition) is 3. The fourth-order valence-corrected chi connectivity index (χ4v) is 2.87. The predicted octanol–water partition coefficient (Wildman–Crippen LogP) is 4.02. The van der Waals surface area contributed by atoms with Crippen LogP contribution in [0.25, 0.3) is 11.3 Å². The van der Waals surface area contributed by atoms with Crippen molar-refractivity contribution in [2.24, 2.45) is 0 Å². The molecule has 0 aliphatic carbocycles. The maximum Gasteiger partial charge on any atom is 0.255 e. The molecule has 2 rings (SSSR count). The van der Waals surface area contributed by atoms with Crippen LogP contribution in [0.1, 0.15) is 49.4 Å². The molecule has 0 bridgehead atoms. The summed E-state index contributed by atoms with van der Waals surface area (Å²) in [4.78, 5) is 24.0. The first kappa shape index (κ1) is 17.1. The SMILES string of the molecule is Cc1cnc(C)c(-c2ccccc2C(=O)N(C(C)C)C(C)C)n1. The third kappa shape index (κ3) is 3.58. The summed E-state index contributed by atoms with van der Waals surface area (Å²) in [7, 11) is 0. The zero-order valence-electron chi connectivity index (χ0n) is 14.8. The van der Waals surface area contributed by atoms with Crippen molar-refractivity contribution in [1.82, 2.24) is 14.9 Å². The third-order valence-corrected chi connectivity index (χ3v) is 3.84. The number of aryl methyl sites for hydroxylation is 2. The molecule has 1 aromatic heterocycles. The molecule has 0 saturated carbocycles. The van der Waals surface area contributed by atoms with E-state index in [9.17, 15) is 4.79 Å². The molecule has 0 N–H and O–H groups in total. The Morgan fingerprint density at radius 3 is 2.26 bits per heavy atom. The number of carbonyl (C=O) groups is 1. The van der Waals surface area contributed by atoms with Gasteiger partial charge < -0.3 is 4.90 Å². The lowest BCUT2D eigenvalue weighted by atomic mass is 10.0. The first-order valence-corrected chi connectivity index (χ1v) is 8.05. The molecule has 4 heteroatoms. The Labute approximate surface area is 138 Å². The first-order valence-electron chi connectivity index (χ1n) is 8.05. The van der Waals surface area contributed by atoms with Gasteiger partial charge in [-0.2, -0.15) is 0 Å². The summed E-state index contributed by atoms with van der Waals surface area (Å²) in [6.07, 6.45) is 1.75. The van der Waals surface area contributed by atoms with Gasteiger partial charge in [0, 0.05) is 29.4 Å². The normalized spacial score (nSPS) is 11.1. The summed E-state index contributed by atoms with van der Waals surface area (Å²) in [5.74, 6) is 0.0355. The van der Waals surface area contributed by atoms with Crippen molar-refractivity contribution < 1.29 is 4.79 Å². The minimum atomic E-state index is 0.0355. The van der Waals surface area contributed by atoms with E-state index in [2.05, 4.69) is 9.97 Å². The van der Waals surface area contributed by atoms with Crippen LogP contribution in [-0.2, 0) is 0 Å². The van der Waals surface area contributed by atoms with Crippen molar-refractivity contribution in [2.75, 3.05) is 0 Å². The molecule has 23 heavy (non-hydrogen) atoms. The van der Waals surface area contributed by atoms with E-state index in [4.69, 9.17) is 0 Å². The van der Waals surface area contributed by atoms with E-state index < -0.39 is 0 Å². The van der Waals surface area contributed by atoms with Crippen molar-refractivity contribution in [1.29, 1.82) is 0 Å². The molecule has 2 aromatic rings. The minimum absolute atomic E-state index is 0.0355. The Bertz CT molecular complexity index is 700. The van der Waals surface area contributed by atoms with Gasteiger partial charge in [0.15, 0.2) is 0 Å². The Morgan fingerprint density at radius 1 is 1.04 bits per heavy atom. The van der Waals surface area contributed by atoms with Crippen molar-refractivity contribution in [3.05, 3.63) is 47.4 Å². The van der Waals surface area contributed by atoms with Crippen molar-refractivity contribution >= 4 is 5.91 Å². The maximum atomic E-state index is 13.1. The molecule has 0 spiro atoms. The van der Waals surface area contributed by atoms with Crippen LogP contribution in [0.15, 0.2) is 30.5 Å². The number of hydrogen-bond donors (Lipinski definition) is 0. The number of benzene rings is 1. The van der Waals surface area contributed by atoms with E-state index in [1.54, 1.807) is 6.20 Å². The van der Waals surface area contributed by atoms with E-state index in [0.717, 1.165) is 22.6 Å². The minimum Gasteiger partial charge on any atom is -0.334 e. The average Bonchev–Trinajstić information content (AvgIpc) is 2.49. The van der Waals surface area contributed by atoms with Gasteiger partial charge in [-0.15, -0.1) is 0 Å². The molecule has 0 saturated heterocycles. The highest BCUT2D eigenvalue weighted by atomic mass is 16.2. The largest absolute Gasteiger partial charge is 0.334 e. The first-order chi connectivity index (χ1) is 10.8. The zero-order valence-corrected chi connectivity index (χ0v) is 14.8. The molecule has 1 heterocycles. The quantitative estimate of drug-likeness (QED) is 0.856. The smallest absolute Gasteiger partial charge is 0.255 e. The van der Waals surface area contributed by atoms with Crippen LogP contribution in [-0.4, -0.2) is 32.9 Å². The number of aromatic nitrogens is 2. The lowest BCUT2D eigenvalue weighted by Gasteiger charge is -2.31. The topological polar surface area (TPSA) is 46.1 Å². The van der Waals surface area contributed by atoms with Gasteiger partial charge in [-0.1, -0.05) is 18.2 Å². The van der Waals surface area contributed by atoms with Crippen LogP contribution in [0.3, 0.4) is 0 Å². The Kier molecular flexibility index (Phi) is 5.14. The van der Waals surface area contributed by atoms with Crippen LogP contribution in [0.5, 0.6) is 0 Å². The van der Waals surface area contributed by atoms with Gasteiger partial charge >= 0.3 is 0 Å². The summed E-state index contributed by atoms with van der Waals surface area (Å²) < 4.78 is 0. The number of rotatable bonds is 4. The molecule has 122 valence electrons. The van der Waals surface area contributed by atoms with E-state index in [1.165, 1.54) is 0 Å². The van der Waals surface area contributed by atoms with Crippen LogP contribution < -0.4 is 0 Å². The molecule has 0 unspecified atom stereocenters. The van der Waals surface area contributed by atoms with Crippen LogP contribution in [0.4, 0.5) is 0 Å². The molecule has 0 atom stereocenters. The van der Waals surface area contributed by atoms with Gasteiger partial charge in [0.05, 0.1) is 17.1 Å². The van der Waals surface area contributed by atoms with E-state index in [-0.39, 0.29) is 18.0 Å². The highest BCUT2D eigenvalue weighted by Crippen LogP contribution is 2.26. The maximum absolute atomic E-state index is 13.1. The number of nitrogens with zero attached hydrogens (tertiary/aromatic N) is 3. The molecule has 0 aliphatic rings. The predicted molar refractivity (Wildman–Crippen MR) is 93.4 cm³/mol. The van der Waals surface area contributed by atoms with Crippen LogP contribution in [0, 0.1) is 13.8 Å². The summed E-state index contributed by atoms with van der Waals surface area (Å²) >= 11 is 0. The molecular weight excluding hydrogens is 286 g/mol. The Balaban J connectivity index is 2.58. The van der Waals surface area contributed by atoms with Crippen molar-refractivity contribution in [3.63, 3.8) is 0 Å². The summed E-state index contributed by atoms with van der Waals surface area (Å²) in [6.45, 7) is 12.0. The molecule has 1 aromatic carbocycles. The van der Waals surface area contributed by atoms with E-state index >= 15 is 0 Å². The lowest BCUT2D eigenvalue weighted by molar-refractivity contribution is 0.0644. The lowest BCUT2D eigenvalue weighted by Crippen LogP contribution is -2.42. The summed E-state index contributed by atoms with van der Waals surface area (Å²) in [5.41, 5.74) is 3.98. The van der Waals surface area contributed by atoms with Crippen LogP contribution >= 0.6 is 0 Å². The van der Waals surface area contributed by atoms with Gasteiger partial charge in [-0.05, 0) is 47.6 Å².